The maximum absolute atomic E-state index is 12.7. The fraction of sp³-hybridized carbons (Fsp3) is 0.348. The van der Waals surface area contributed by atoms with E-state index in [9.17, 15) is 9.59 Å². The summed E-state index contributed by atoms with van der Waals surface area (Å²) in [5.41, 5.74) is 3.06. The average Bonchev–Trinajstić information content (AvgIpc) is 3.21. The number of carbonyl (C=O) groups is 2. The molecular formula is C23H27N3O2. The van der Waals surface area contributed by atoms with Crippen molar-refractivity contribution in [1.29, 1.82) is 0 Å². The molecule has 2 aromatic rings. The summed E-state index contributed by atoms with van der Waals surface area (Å²) in [6.07, 6.45) is 1.13. The first-order valence-electron chi connectivity index (χ1n) is 9.81. The zero-order valence-corrected chi connectivity index (χ0v) is 16.5. The van der Waals surface area contributed by atoms with E-state index in [-0.39, 0.29) is 30.7 Å². The molecule has 1 aliphatic heterocycles. The Morgan fingerprint density at radius 2 is 1.64 bits per heavy atom. The van der Waals surface area contributed by atoms with Crippen molar-refractivity contribution in [1.82, 2.24) is 9.91 Å². The van der Waals surface area contributed by atoms with Gasteiger partial charge in [-0.2, -0.15) is 5.10 Å². The highest BCUT2D eigenvalue weighted by Crippen LogP contribution is 2.16. The second-order valence-electron chi connectivity index (χ2n) is 7.28. The summed E-state index contributed by atoms with van der Waals surface area (Å²) in [6, 6.07) is 19.9. The molecule has 1 aliphatic rings. The molecule has 0 fully saturated rings. The number of hydrogen-bond acceptors (Lipinski definition) is 3. The summed E-state index contributed by atoms with van der Waals surface area (Å²) in [6.45, 7) is 5.14. The SMILES string of the molecule is CC(C)N(Cc1ccccc1)C(=O)CCC(=O)N1CCC(c2ccccc2)=N1. The summed E-state index contributed by atoms with van der Waals surface area (Å²) >= 11 is 0. The van der Waals surface area contributed by atoms with E-state index in [0.717, 1.165) is 23.3 Å². The van der Waals surface area contributed by atoms with Gasteiger partial charge in [-0.25, -0.2) is 5.01 Å². The van der Waals surface area contributed by atoms with Gasteiger partial charge in [-0.1, -0.05) is 60.7 Å². The minimum absolute atomic E-state index is 0.00124. The number of amides is 2. The van der Waals surface area contributed by atoms with Gasteiger partial charge in [0, 0.05) is 31.8 Å². The van der Waals surface area contributed by atoms with Crippen molar-refractivity contribution in [3.05, 3.63) is 71.8 Å². The van der Waals surface area contributed by atoms with Crippen LogP contribution in [0.3, 0.4) is 0 Å². The van der Waals surface area contributed by atoms with Crippen LogP contribution in [0.15, 0.2) is 65.8 Å². The van der Waals surface area contributed by atoms with Gasteiger partial charge >= 0.3 is 0 Å². The first kappa shape index (κ1) is 19.8. The molecule has 0 saturated heterocycles. The number of hydrazone groups is 1. The molecule has 0 bridgehead atoms. The van der Waals surface area contributed by atoms with Crippen LogP contribution in [-0.2, 0) is 16.1 Å². The van der Waals surface area contributed by atoms with Gasteiger partial charge in [0.2, 0.25) is 11.8 Å². The molecule has 2 aromatic carbocycles. The van der Waals surface area contributed by atoms with Gasteiger partial charge in [-0.15, -0.1) is 0 Å². The smallest absolute Gasteiger partial charge is 0.243 e. The van der Waals surface area contributed by atoms with Crippen LogP contribution in [0.2, 0.25) is 0 Å². The van der Waals surface area contributed by atoms with E-state index in [1.54, 1.807) is 0 Å². The van der Waals surface area contributed by atoms with E-state index in [1.807, 2.05) is 79.4 Å². The Morgan fingerprint density at radius 3 is 2.29 bits per heavy atom. The van der Waals surface area contributed by atoms with E-state index in [0.29, 0.717) is 13.1 Å². The van der Waals surface area contributed by atoms with Crippen molar-refractivity contribution in [2.75, 3.05) is 6.54 Å². The van der Waals surface area contributed by atoms with E-state index in [1.165, 1.54) is 5.01 Å². The molecule has 5 nitrogen and oxygen atoms in total. The van der Waals surface area contributed by atoms with Gasteiger partial charge in [0.05, 0.1) is 12.3 Å². The molecule has 2 amide bonds. The molecule has 0 aromatic heterocycles. The molecule has 0 saturated carbocycles. The number of rotatable bonds is 7. The van der Waals surface area contributed by atoms with Crippen LogP contribution in [0.4, 0.5) is 0 Å². The third-order valence-corrected chi connectivity index (χ3v) is 4.89. The molecule has 0 unspecified atom stereocenters. The summed E-state index contributed by atoms with van der Waals surface area (Å²) in [5.74, 6) is -0.0960. The lowest BCUT2D eigenvalue weighted by atomic mass is 10.1. The van der Waals surface area contributed by atoms with Crippen LogP contribution < -0.4 is 0 Å². The Bertz CT molecular complexity index is 831. The van der Waals surface area contributed by atoms with Gasteiger partial charge in [-0.3, -0.25) is 9.59 Å². The monoisotopic (exact) mass is 377 g/mol. The Morgan fingerprint density at radius 1 is 1.00 bits per heavy atom. The van der Waals surface area contributed by atoms with Gasteiger partial charge < -0.3 is 4.90 Å². The third kappa shape index (κ3) is 5.06. The molecule has 146 valence electrons. The van der Waals surface area contributed by atoms with Crippen molar-refractivity contribution in [2.24, 2.45) is 5.10 Å². The molecule has 0 radical (unpaired) electrons. The summed E-state index contributed by atoms with van der Waals surface area (Å²) < 4.78 is 0. The maximum Gasteiger partial charge on any atom is 0.243 e. The first-order chi connectivity index (χ1) is 13.5. The van der Waals surface area contributed by atoms with Crippen LogP contribution >= 0.6 is 0 Å². The number of nitrogens with zero attached hydrogens (tertiary/aromatic N) is 3. The van der Waals surface area contributed by atoms with E-state index in [2.05, 4.69) is 5.10 Å². The topological polar surface area (TPSA) is 53.0 Å². The number of carbonyl (C=O) groups excluding carboxylic acids is 2. The summed E-state index contributed by atoms with van der Waals surface area (Å²) in [4.78, 5) is 27.1. The van der Waals surface area contributed by atoms with E-state index < -0.39 is 0 Å². The molecule has 0 spiro atoms. The standard InChI is InChI=1S/C23H27N3O2/c1-18(2)25(17-19-9-5-3-6-10-19)22(27)13-14-23(28)26-16-15-21(24-26)20-11-7-4-8-12-20/h3-12,18H,13-17H2,1-2H3. The second kappa shape index (κ2) is 9.31. The Labute approximate surface area is 166 Å². The predicted octanol–water partition coefficient (Wildman–Crippen LogP) is 3.84. The Balaban J connectivity index is 1.56. The zero-order valence-electron chi connectivity index (χ0n) is 16.5. The lowest BCUT2D eigenvalue weighted by Crippen LogP contribution is -2.37. The van der Waals surface area contributed by atoms with Crippen molar-refractivity contribution in [3.8, 4) is 0 Å². The van der Waals surface area contributed by atoms with Crippen LogP contribution in [0, 0.1) is 0 Å². The van der Waals surface area contributed by atoms with Gasteiger partial charge in [0.15, 0.2) is 0 Å². The quantitative estimate of drug-likeness (QED) is 0.736. The molecular weight excluding hydrogens is 350 g/mol. The number of benzene rings is 2. The minimum Gasteiger partial charge on any atom is -0.336 e. The van der Waals surface area contributed by atoms with E-state index >= 15 is 0 Å². The van der Waals surface area contributed by atoms with Crippen molar-refractivity contribution in [3.63, 3.8) is 0 Å². The maximum atomic E-state index is 12.7. The van der Waals surface area contributed by atoms with Gasteiger partial charge in [0.25, 0.3) is 0 Å². The Kier molecular flexibility index (Phi) is 6.58. The summed E-state index contributed by atoms with van der Waals surface area (Å²) in [7, 11) is 0. The van der Waals surface area contributed by atoms with Gasteiger partial charge in [-0.05, 0) is 25.0 Å². The molecule has 5 heteroatoms. The largest absolute Gasteiger partial charge is 0.336 e. The fourth-order valence-corrected chi connectivity index (χ4v) is 3.30. The molecule has 0 atom stereocenters. The van der Waals surface area contributed by atoms with Crippen molar-refractivity contribution < 1.29 is 9.59 Å². The third-order valence-electron chi connectivity index (χ3n) is 4.89. The lowest BCUT2D eigenvalue weighted by molar-refractivity contribution is -0.138. The van der Waals surface area contributed by atoms with Crippen molar-refractivity contribution in [2.45, 2.75) is 45.7 Å². The van der Waals surface area contributed by atoms with Crippen molar-refractivity contribution >= 4 is 17.5 Å². The molecule has 28 heavy (non-hydrogen) atoms. The molecule has 3 rings (SSSR count). The second-order valence-corrected chi connectivity index (χ2v) is 7.28. The average molecular weight is 377 g/mol. The van der Waals surface area contributed by atoms with Gasteiger partial charge in [0.1, 0.15) is 0 Å². The predicted molar refractivity (Wildman–Crippen MR) is 111 cm³/mol. The molecule has 0 aliphatic carbocycles. The lowest BCUT2D eigenvalue weighted by Gasteiger charge is -2.27. The molecule has 0 N–H and O–H groups in total. The van der Waals surface area contributed by atoms with Crippen LogP contribution in [-0.4, -0.2) is 40.0 Å². The number of hydrogen-bond donors (Lipinski definition) is 0. The highest BCUT2D eigenvalue weighted by molar-refractivity contribution is 6.02. The fourth-order valence-electron chi connectivity index (χ4n) is 3.30. The highest BCUT2D eigenvalue weighted by Gasteiger charge is 2.24. The normalized spacial score (nSPS) is 13.5. The molecule has 1 heterocycles. The zero-order chi connectivity index (χ0) is 19.9. The minimum atomic E-state index is -0.0947. The summed E-state index contributed by atoms with van der Waals surface area (Å²) in [5, 5.41) is 5.97. The van der Waals surface area contributed by atoms with E-state index in [4.69, 9.17) is 0 Å². The first-order valence-corrected chi connectivity index (χ1v) is 9.81. The highest BCUT2D eigenvalue weighted by atomic mass is 16.2. The van der Waals surface area contributed by atoms with Crippen LogP contribution in [0.5, 0.6) is 0 Å². The van der Waals surface area contributed by atoms with Crippen LogP contribution in [0.25, 0.3) is 0 Å². The Hall–Kier alpha value is -2.95. The van der Waals surface area contributed by atoms with Crippen LogP contribution in [0.1, 0.15) is 44.2 Å².